The molecule has 5 rings (SSSR count). The van der Waals surface area contributed by atoms with Crippen molar-refractivity contribution in [3.05, 3.63) is 53.3 Å². The lowest BCUT2D eigenvalue weighted by Gasteiger charge is -2.33. The molecule has 0 N–H and O–H groups in total. The monoisotopic (exact) mass is 468 g/mol. The summed E-state index contributed by atoms with van der Waals surface area (Å²) in [4.78, 5) is 21.8. The van der Waals surface area contributed by atoms with Gasteiger partial charge < -0.3 is 4.90 Å². The van der Waals surface area contributed by atoms with E-state index in [-0.39, 0.29) is 17.2 Å². The van der Waals surface area contributed by atoms with Crippen molar-refractivity contribution in [2.45, 2.75) is 63.3 Å². The summed E-state index contributed by atoms with van der Waals surface area (Å²) in [5.41, 5.74) is 4.16. The predicted molar refractivity (Wildman–Crippen MR) is 130 cm³/mol. The summed E-state index contributed by atoms with van der Waals surface area (Å²) in [5, 5.41) is -0.176. The summed E-state index contributed by atoms with van der Waals surface area (Å²) < 4.78 is 26.9. The maximum absolute atomic E-state index is 13.4. The zero-order valence-electron chi connectivity index (χ0n) is 19.8. The van der Waals surface area contributed by atoms with Gasteiger partial charge in [0.1, 0.15) is 0 Å². The number of sulfonamides is 1. The average Bonchev–Trinajstić information content (AvgIpc) is 3.51. The highest BCUT2D eigenvalue weighted by Crippen LogP contribution is 2.43. The minimum atomic E-state index is -3.16. The van der Waals surface area contributed by atoms with Gasteiger partial charge in [-0.1, -0.05) is 19.1 Å². The fraction of sp³-hybridized carbons (Fsp3) is 0.520. The van der Waals surface area contributed by atoms with Crippen LogP contribution in [0.15, 0.2) is 36.7 Å². The summed E-state index contributed by atoms with van der Waals surface area (Å²) in [7, 11) is -1.17. The molecule has 0 spiro atoms. The zero-order valence-corrected chi connectivity index (χ0v) is 20.6. The minimum Gasteiger partial charge on any atom is -0.369 e. The molecule has 8 heteroatoms. The Morgan fingerprint density at radius 3 is 2.61 bits per heavy atom. The van der Waals surface area contributed by atoms with Gasteiger partial charge in [-0.3, -0.25) is 14.7 Å². The molecule has 2 aliphatic heterocycles. The number of pyridine rings is 1. The number of aryl methyl sites for hydroxylation is 1. The number of aromatic nitrogens is 1. The van der Waals surface area contributed by atoms with Crippen molar-refractivity contribution in [3.8, 4) is 0 Å². The first-order valence-corrected chi connectivity index (χ1v) is 13.3. The normalized spacial score (nSPS) is 22.6. The Kier molecular flexibility index (Phi) is 5.29. The highest BCUT2D eigenvalue weighted by Gasteiger charge is 2.45. The molecular formula is C25H32N4O3S. The molecule has 1 saturated heterocycles. The minimum absolute atomic E-state index is 0.0122. The summed E-state index contributed by atoms with van der Waals surface area (Å²) >= 11 is 0. The molecule has 0 bridgehead atoms. The molecule has 3 heterocycles. The quantitative estimate of drug-likeness (QED) is 0.648. The van der Waals surface area contributed by atoms with Crippen LogP contribution in [0.4, 0.5) is 11.4 Å². The van der Waals surface area contributed by atoms with Gasteiger partial charge in [0, 0.05) is 31.7 Å². The van der Waals surface area contributed by atoms with E-state index < -0.39 is 15.6 Å². The van der Waals surface area contributed by atoms with Crippen molar-refractivity contribution in [1.82, 2.24) is 9.29 Å². The van der Waals surface area contributed by atoms with Crippen molar-refractivity contribution < 1.29 is 13.2 Å². The van der Waals surface area contributed by atoms with Gasteiger partial charge in [-0.2, -0.15) is 4.31 Å². The molecule has 3 aliphatic rings. The zero-order chi connectivity index (χ0) is 23.5. The van der Waals surface area contributed by atoms with Crippen LogP contribution in [0.3, 0.4) is 0 Å². The second-order valence-electron chi connectivity index (χ2n) is 9.99. The molecule has 1 saturated carbocycles. The fourth-order valence-corrected chi connectivity index (χ4v) is 7.11. The van der Waals surface area contributed by atoms with Gasteiger partial charge in [-0.05, 0) is 62.8 Å². The van der Waals surface area contributed by atoms with Gasteiger partial charge >= 0.3 is 0 Å². The van der Waals surface area contributed by atoms with Crippen LogP contribution in [-0.2, 0) is 22.0 Å². The summed E-state index contributed by atoms with van der Waals surface area (Å²) in [5.74, 6) is -0.0122. The van der Waals surface area contributed by atoms with E-state index in [1.165, 1.54) is 5.56 Å². The highest BCUT2D eigenvalue weighted by molar-refractivity contribution is 7.90. The first-order valence-electron chi connectivity index (χ1n) is 11.8. The van der Waals surface area contributed by atoms with Crippen LogP contribution < -0.4 is 9.80 Å². The standard InChI is InChI=1S/C25H32N4O3S/c1-5-17-6-9-22-23(12-17)25(2,3)29(24(22)30)20-13-19(14-26-15-20)27(4)18-10-11-28(16-18)33(31,32)21-7-8-21/h6,9,12-15,18,21H,5,7-8,10-11,16H2,1-4H3. The molecule has 1 aliphatic carbocycles. The summed E-state index contributed by atoms with van der Waals surface area (Å²) in [6.45, 7) is 7.33. The number of nitrogens with zero attached hydrogens (tertiary/aromatic N) is 4. The third-order valence-corrected chi connectivity index (χ3v) is 9.86. The number of hydrogen-bond acceptors (Lipinski definition) is 5. The number of hydrogen-bond donors (Lipinski definition) is 0. The number of rotatable bonds is 6. The van der Waals surface area contributed by atoms with E-state index in [4.69, 9.17) is 0 Å². The number of amides is 1. The molecule has 1 aromatic heterocycles. The Bertz CT molecular complexity index is 1210. The third-order valence-electron chi connectivity index (χ3n) is 7.50. The third kappa shape index (κ3) is 3.64. The van der Waals surface area contributed by atoms with Crippen molar-refractivity contribution in [3.63, 3.8) is 0 Å². The van der Waals surface area contributed by atoms with Gasteiger partial charge in [-0.15, -0.1) is 0 Å². The summed E-state index contributed by atoms with van der Waals surface area (Å²) in [6.07, 6.45) is 6.81. The number of benzene rings is 1. The highest BCUT2D eigenvalue weighted by atomic mass is 32.2. The molecule has 33 heavy (non-hydrogen) atoms. The largest absolute Gasteiger partial charge is 0.369 e. The lowest BCUT2D eigenvalue weighted by molar-refractivity contribution is 0.0982. The van der Waals surface area contributed by atoms with E-state index in [0.29, 0.717) is 13.1 Å². The predicted octanol–water partition coefficient (Wildman–Crippen LogP) is 3.54. The van der Waals surface area contributed by atoms with Crippen molar-refractivity contribution in [2.75, 3.05) is 29.9 Å². The molecular weight excluding hydrogens is 436 g/mol. The number of anilines is 2. The lowest BCUT2D eigenvalue weighted by atomic mass is 9.91. The van der Waals surface area contributed by atoms with Crippen LogP contribution in [0.2, 0.25) is 0 Å². The Labute approximate surface area is 196 Å². The number of carbonyl (C=O) groups is 1. The smallest absolute Gasteiger partial charge is 0.259 e. The van der Waals surface area contributed by atoms with Crippen LogP contribution in [-0.4, -0.2) is 55.0 Å². The Morgan fingerprint density at radius 1 is 1.15 bits per heavy atom. The Morgan fingerprint density at radius 2 is 1.91 bits per heavy atom. The topological polar surface area (TPSA) is 73.8 Å². The number of fused-ring (bicyclic) bond motifs is 1. The second-order valence-corrected chi connectivity index (χ2v) is 12.2. The fourth-order valence-electron chi connectivity index (χ4n) is 5.22. The van der Waals surface area contributed by atoms with Gasteiger partial charge in [0.2, 0.25) is 10.0 Å². The van der Waals surface area contributed by atoms with E-state index in [9.17, 15) is 13.2 Å². The molecule has 2 fully saturated rings. The van der Waals surface area contributed by atoms with E-state index >= 15 is 0 Å². The summed E-state index contributed by atoms with van der Waals surface area (Å²) in [6, 6.07) is 8.19. The maximum Gasteiger partial charge on any atom is 0.259 e. The Hall–Kier alpha value is -2.45. The number of carbonyl (C=O) groups excluding carboxylic acids is 1. The molecule has 1 atom stereocenters. The molecule has 0 radical (unpaired) electrons. The van der Waals surface area contributed by atoms with Crippen LogP contribution in [0, 0.1) is 0 Å². The van der Waals surface area contributed by atoms with Crippen LogP contribution in [0.25, 0.3) is 0 Å². The van der Waals surface area contributed by atoms with E-state index in [0.717, 1.165) is 48.2 Å². The van der Waals surface area contributed by atoms with Crippen LogP contribution in [0.1, 0.15) is 61.5 Å². The maximum atomic E-state index is 13.4. The number of likely N-dealkylation sites (N-methyl/N-ethyl adjacent to an activating group) is 1. The second kappa shape index (κ2) is 7.81. The van der Waals surface area contributed by atoms with E-state index in [2.05, 4.69) is 36.7 Å². The van der Waals surface area contributed by atoms with Gasteiger partial charge in [-0.25, -0.2) is 8.42 Å². The van der Waals surface area contributed by atoms with E-state index in [1.54, 1.807) is 16.7 Å². The van der Waals surface area contributed by atoms with Crippen LogP contribution in [0.5, 0.6) is 0 Å². The molecule has 1 amide bonds. The Balaban J connectivity index is 1.40. The van der Waals surface area contributed by atoms with E-state index in [1.807, 2.05) is 30.1 Å². The molecule has 1 unspecified atom stereocenters. The molecule has 7 nitrogen and oxygen atoms in total. The van der Waals surface area contributed by atoms with Crippen LogP contribution >= 0.6 is 0 Å². The van der Waals surface area contributed by atoms with Crippen molar-refractivity contribution >= 4 is 27.3 Å². The van der Waals surface area contributed by atoms with Gasteiger partial charge in [0.05, 0.1) is 34.6 Å². The first kappa shape index (κ1) is 22.3. The SMILES string of the molecule is CCc1ccc2c(c1)C(C)(C)N(c1cncc(N(C)C3CCN(S(=O)(=O)C4CC4)C3)c1)C2=O. The first-order chi connectivity index (χ1) is 15.6. The average molecular weight is 469 g/mol. The molecule has 176 valence electrons. The van der Waals surface area contributed by atoms with Gasteiger partial charge in [0.15, 0.2) is 0 Å². The van der Waals surface area contributed by atoms with Gasteiger partial charge in [0.25, 0.3) is 5.91 Å². The molecule has 2 aromatic rings. The van der Waals surface area contributed by atoms with Crippen molar-refractivity contribution in [1.29, 1.82) is 0 Å². The lowest BCUT2D eigenvalue weighted by Crippen LogP contribution is -2.40. The van der Waals surface area contributed by atoms with Crippen molar-refractivity contribution in [2.24, 2.45) is 0 Å². The molecule has 1 aromatic carbocycles.